The topological polar surface area (TPSA) is 74.7 Å². The largest absolute Gasteiger partial charge is 0.480 e. The molecule has 7 heteroatoms. The van der Waals surface area contributed by atoms with Crippen molar-refractivity contribution in [1.29, 1.82) is 0 Å². The first-order valence-electron chi connectivity index (χ1n) is 5.66. The number of hydrogen-bond acceptors (Lipinski definition) is 3. The van der Waals surface area contributed by atoms with Gasteiger partial charge in [-0.25, -0.2) is 12.8 Å². The van der Waals surface area contributed by atoms with E-state index in [0.717, 1.165) is 10.4 Å². The highest BCUT2D eigenvalue weighted by molar-refractivity contribution is 7.89. The smallest absolute Gasteiger partial charge is 0.318 e. The fourth-order valence-electron chi connectivity index (χ4n) is 1.62. The highest BCUT2D eigenvalue weighted by Gasteiger charge is 2.31. The third-order valence-corrected chi connectivity index (χ3v) is 4.65. The second-order valence-electron chi connectivity index (χ2n) is 4.42. The number of nitrogens with zero attached hydrogens (tertiary/aromatic N) is 1. The Bertz CT molecular complexity index is 583. The summed E-state index contributed by atoms with van der Waals surface area (Å²) in [6.45, 7) is 3.82. The summed E-state index contributed by atoms with van der Waals surface area (Å²) < 4.78 is 39.3. The zero-order valence-electron chi connectivity index (χ0n) is 10.9. The molecule has 0 unspecified atom stereocenters. The van der Waals surface area contributed by atoms with Gasteiger partial charge in [0.1, 0.15) is 17.3 Å². The number of aliphatic carboxylic acids is 1. The normalized spacial score (nSPS) is 12.1. The molecule has 0 bridgehead atoms. The number of carboxylic acids is 1. The van der Waals surface area contributed by atoms with Crippen LogP contribution in [0.3, 0.4) is 0 Å². The van der Waals surface area contributed by atoms with Crippen molar-refractivity contribution in [3.63, 3.8) is 0 Å². The fraction of sp³-hybridized carbons (Fsp3) is 0.417. The third-order valence-electron chi connectivity index (χ3n) is 2.61. The second kappa shape index (κ2) is 5.66. The van der Waals surface area contributed by atoms with E-state index in [4.69, 9.17) is 5.11 Å². The van der Waals surface area contributed by atoms with Gasteiger partial charge in [-0.3, -0.25) is 4.79 Å². The van der Waals surface area contributed by atoms with Crippen LogP contribution in [0, 0.1) is 12.7 Å². The predicted molar refractivity (Wildman–Crippen MR) is 67.8 cm³/mol. The first-order chi connectivity index (χ1) is 8.67. The molecule has 0 fully saturated rings. The minimum absolute atomic E-state index is 0.195. The zero-order chi connectivity index (χ0) is 14.8. The lowest BCUT2D eigenvalue weighted by Gasteiger charge is -2.24. The molecule has 19 heavy (non-hydrogen) atoms. The number of carbonyl (C=O) groups is 1. The van der Waals surface area contributed by atoms with Crippen LogP contribution in [0.1, 0.15) is 19.4 Å². The molecule has 0 atom stereocenters. The van der Waals surface area contributed by atoms with Gasteiger partial charge < -0.3 is 5.11 Å². The van der Waals surface area contributed by atoms with Gasteiger partial charge >= 0.3 is 5.97 Å². The summed E-state index contributed by atoms with van der Waals surface area (Å²) in [6, 6.07) is 3.42. The van der Waals surface area contributed by atoms with Crippen LogP contribution in [-0.2, 0) is 14.8 Å². The minimum Gasteiger partial charge on any atom is -0.480 e. The Morgan fingerprint density at radius 1 is 1.42 bits per heavy atom. The van der Waals surface area contributed by atoms with Crippen LogP contribution < -0.4 is 0 Å². The molecule has 5 nitrogen and oxygen atoms in total. The van der Waals surface area contributed by atoms with Gasteiger partial charge in [-0.15, -0.1) is 0 Å². The van der Waals surface area contributed by atoms with E-state index in [2.05, 4.69) is 0 Å². The van der Waals surface area contributed by atoms with Crippen molar-refractivity contribution >= 4 is 16.0 Å². The second-order valence-corrected chi connectivity index (χ2v) is 6.28. The average molecular weight is 289 g/mol. The number of halogens is 1. The number of benzene rings is 1. The van der Waals surface area contributed by atoms with Gasteiger partial charge in [0.2, 0.25) is 10.0 Å². The van der Waals surface area contributed by atoms with Crippen LogP contribution in [0.2, 0.25) is 0 Å². The van der Waals surface area contributed by atoms with E-state index in [1.165, 1.54) is 32.9 Å². The highest BCUT2D eigenvalue weighted by atomic mass is 32.2. The van der Waals surface area contributed by atoms with Crippen LogP contribution in [0.5, 0.6) is 0 Å². The fourth-order valence-corrected chi connectivity index (χ4v) is 3.35. The van der Waals surface area contributed by atoms with Gasteiger partial charge in [0.25, 0.3) is 0 Å². The van der Waals surface area contributed by atoms with Crippen LogP contribution in [0.25, 0.3) is 0 Å². The molecule has 0 saturated heterocycles. The summed E-state index contributed by atoms with van der Waals surface area (Å²) in [4.78, 5) is 10.2. The lowest BCUT2D eigenvalue weighted by molar-refractivity contribution is -0.137. The summed E-state index contributed by atoms with van der Waals surface area (Å²) in [5.41, 5.74) is 0.195. The van der Waals surface area contributed by atoms with Crippen molar-refractivity contribution in [3.8, 4) is 0 Å². The van der Waals surface area contributed by atoms with Crippen LogP contribution >= 0.6 is 0 Å². The summed E-state index contributed by atoms with van der Waals surface area (Å²) in [5.74, 6) is -2.14. The van der Waals surface area contributed by atoms with Crippen molar-refractivity contribution in [1.82, 2.24) is 4.31 Å². The lowest BCUT2D eigenvalue weighted by Crippen LogP contribution is -2.41. The van der Waals surface area contributed by atoms with Gasteiger partial charge in [-0.2, -0.15) is 4.31 Å². The van der Waals surface area contributed by atoms with Crippen molar-refractivity contribution in [3.05, 3.63) is 29.6 Å². The molecule has 0 aliphatic rings. The Balaban J connectivity index is 3.35. The molecule has 1 N–H and O–H groups in total. The van der Waals surface area contributed by atoms with E-state index in [-0.39, 0.29) is 5.56 Å². The number of rotatable bonds is 5. The van der Waals surface area contributed by atoms with E-state index < -0.39 is 39.3 Å². The molecule has 1 aromatic rings. The maximum atomic E-state index is 13.9. The van der Waals surface area contributed by atoms with Crippen molar-refractivity contribution in [2.75, 3.05) is 6.54 Å². The molecule has 0 amide bonds. The van der Waals surface area contributed by atoms with Gasteiger partial charge in [0.15, 0.2) is 0 Å². The Kier molecular flexibility index (Phi) is 4.65. The molecule has 0 aliphatic heterocycles. The van der Waals surface area contributed by atoms with Gasteiger partial charge in [-0.05, 0) is 32.4 Å². The van der Waals surface area contributed by atoms with Crippen LogP contribution in [0.4, 0.5) is 4.39 Å². The SMILES string of the molecule is Cc1cccc(S(=O)(=O)N(CC(=O)O)C(C)C)c1F. The maximum absolute atomic E-state index is 13.9. The molecule has 0 radical (unpaired) electrons. The summed E-state index contributed by atoms with van der Waals surface area (Å²) in [5, 5.41) is 8.77. The standard InChI is InChI=1S/C12H16FNO4S/c1-8(2)14(7-11(15)16)19(17,18)10-6-4-5-9(3)12(10)13/h4-6,8H,7H2,1-3H3,(H,15,16). The van der Waals surface area contributed by atoms with E-state index in [1.807, 2.05) is 0 Å². The number of sulfonamides is 1. The minimum atomic E-state index is -4.17. The molecule has 0 aliphatic carbocycles. The molecule has 1 aromatic carbocycles. The summed E-state index contributed by atoms with van der Waals surface area (Å²) in [6.07, 6.45) is 0. The first kappa shape index (κ1) is 15.6. The van der Waals surface area contributed by atoms with Crippen molar-refractivity contribution in [2.45, 2.75) is 31.7 Å². The third kappa shape index (κ3) is 3.30. The van der Waals surface area contributed by atoms with Gasteiger partial charge in [0, 0.05) is 6.04 Å². The predicted octanol–water partition coefficient (Wildman–Crippen LogP) is 1.62. The number of carboxylic acid groups (broad SMARTS) is 1. The lowest BCUT2D eigenvalue weighted by atomic mass is 10.2. The van der Waals surface area contributed by atoms with E-state index in [1.54, 1.807) is 0 Å². The Morgan fingerprint density at radius 3 is 2.47 bits per heavy atom. The monoisotopic (exact) mass is 289 g/mol. The van der Waals surface area contributed by atoms with E-state index >= 15 is 0 Å². The Morgan fingerprint density at radius 2 is 2.00 bits per heavy atom. The van der Waals surface area contributed by atoms with Crippen LogP contribution in [0.15, 0.2) is 23.1 Å². The maximum Gasteiger partial charge on any atom is 0.318 e. The van der Waals surface area contributed by atoms with Crippen molar-refractivity contribution in [2.24, 2.45) is 0 Å². The molecule has 0 aromatic heterocycles. The molecule has 0 saturated carbocycles. The summed E-state index contributed by atoms with van der Waals surface area (Å²) >= 11 is 0. The van der Waals surface area contributed by atoms with Crippen LogP contribution in [-0.4, -0.2) is 36.4 Å². The van der Waals surface area contributed by atoms with Gasteiger partial charge in [-0.1, -0.05) is 12.1 Å². The molecule has 106 valence electrons. The molecule has 0 spiro atoms. The van der Waals surface area contributed by atoms with E-state index in [9.17, 15) is 17.6 Å². The Labute approximate surface area is 111 Å². The quantitative estimate of drug-likeness (QED) is 0.893. The highest BCUT2D eigenvalue weighted by Crippen LogP contribution is 2.22. The number of hydrogen-bond donors (Lipinski definition) is 1. The summed E-state index contributed by atoms with van der Waals surface area (Å²) in [7, 11) is -4.17. The Hall–Kier alpha value is -1.47. The van der Waals surface area contributed by atoms with Gasteiger partial charge in [0.05, 0.1) is 0 Å². The average Bonchev–Trinajstić information content (AvgIpc) is 2.28. The number of aryl methyl sites for hydroxylation is 1. The zero-order valence-corrected chi connectivity index (χ0v) is 11.7. The van der Waals surface area contributed by atoms with Crippen molar-refractivity contribution < 1.29 is 22.7 Å². The molecular weight excluding hydrogens is 273 g/mol. The molecular formula is C12H16FNO4S. The van der Waals surface area contributed by atoms with E-state index in [0.29, 0.717) is 0 Å². The molecule has 0 heterocycles. The first-order valence-corrected chi connectivity index (χ1v) is 7.10. The molecule has 1 rings (SSSR count).